The maximum absolute atomic E-state index is 9.05. The van der Waals surface area contributed by atoms with E-state index in [1.165, 1.54) is 3.61 Å². The van der Waals surface area contributed by atoms with Gasteiger partial charge in [-0.1, -0.05) is 0 Å². The summed E-state index contributed by atoms with van der Waals surface area (Å²) in [5.41, 5.74) is 0. The van der Waals surface area contributed by atoms with Gasteiger partial charge in [0.1, 0.15) is 0 Å². The van der Waals surface area contributed by atoms with Gasteiger partial charge in [0.2, 0.25) is 0 Å². The van der Waals surface area contributed by atoms with E-state index in [9.17, 15) is 0 Å². The second-order valence-electron chi connectivity index (χ2n) is 2.47. The predicted octanol–water partition coefficient (Wildman–Crippen LogP) is 0.815. The summed E-state index contributed by atoms with van der Waals surface area (Å²) >= 11 is -0.133. The molecule has 0 fully saturated rings. The van der Waals surface area contributed by atoms with Crippen LogP contribution in [0.3, 0.4) is 0 Å². The molecule has 0 spiro atoms. The molecule has 0 aliphatic heterocycles. The van der Waals surface area contributed by atoms with Gasteiger partial charge in [-0.15, -0.1) is 0 Å². The minimum absolute atomic E-state index is 0.127. The number of hydrogen-bond acceptors (Lipinski definition) is 1. The Kier molecular flexibility index (Phi) is 3.93. The third-order valence-corrected chi connectivity index (χ3v) is 4.82. The molecule has 0 saturated heterocycles. The quantitative estimate of drug-likeness (QED) is 0.801. The molecule has 0 aliphatic carbocycles. The molecule has 1 N–H and O–H groups in total. The average molecular weight is 264 g/mol. The molecule has 0 aliphatic rings. The summed E-state index contributed by atoms with van der Waals surface area (Å²) in [6, 6.07) is 10.4. The Morgan fingerprint density at radius 2 is 2.00 bits per heavy atom. The first-order chi connectivity index (χ1) is 5.29. The van der Waals surface area contributed by atoms with Crippen LogP contribution in [0.25, 0.3) is 0 Å². The molecule has 60 valence electrons. The molecule has 0 saturated carbocycles. The van der Waals surface area contributed by atoms with E-state index >= 15 is 0 Å². The van der Waals surface area contributed by atoms with Gasteiger partial charge in [-0.05, 0) is 0 Å². The fraction of sp³-hybridized carbons (Fsp3) is 0.333. The first-order valence-electron chi connectivity index (χ1n) is 3.65. The van der Waals surface area contributed by atoms with Crippen molar-refractivity contribution in [2.45, 2.75) is 17.5 Å². The van der Waals surface area contributed by atoms with Crippen molar-refractivity contribution in [3.8, 4) is 0 Å². The molecule has 0 bridgehead atoms. The van der Waals surface area contributed by atoms with Crippen LogP contribution in [0.5, 0.6) is 0 Å². The zero-order chi connectivity index (χ0) is 8.10. The Balaban J connectivity index is 2.39. The Labute approximate surface area is 77.5 Å². The van der Waals surface area contributed by atoms with E-state index in [0.717, 1.165) is 4.47 Å². The maximum atomic E-state index is 9.05. The van der Waals surface area contributed by atoms with Crippen LogP contribution >= 0.6 is 0 Å². The second kappa shape index (κ2) is 4.77. The molecule has 1 rings (SSSR count). The third kappa shape index (κ3) is 3.76. The fourth-order valence-electron chi connectivity index (χ4n) is 0.734. The Hall–Kier alpha value is -0.0304. The van der Waals surface area contributed by atoms with E-state index in [0.29, 0.717) is 0 Å². The van der Waals surface area contributed by atoms with E-state index in [1.807, 2.05) is 13.0 Å². The van der Waals surface area contributed by atoms with E-state index in [1.54, 1.807) is 0 Å². The van der Waals surface area contributed by atoms with Crippen LogP contribution in [-0.4, -0.2) is 32.1 Å². The van der Waals surface area contributed by atoms with E-state index in [-0.39, 0.29) is 27.0 Å². The summed E-state index contributed by atoms with van der Waals surface area (Å²) in [7, 11) is 0. The molecule has 1 atom stereocenters. The molecule has 1 nitrogen and oxygen atoms in total. The van der Waals surface area contributed by atoms with E-state index in [4.69, 9.17) is 5.11 Å². The number of aliphatic hydroxyl groups excluding tert-OH is 1. The predicted molar refractivity (Wildman–Crippen MR) is 48.3 cm³/mol. The van der Waals surface area contributed by atoms with Crippen molar-refractivity contribution in [3.05, 3.63) is 30.3 Å². The van der Waals surface area contributed by atoms with Gasteiger partial charge < -0.3 is 0 Å². The molecule has 1 aromatic rings. The third-order valence-electron chi connectivity index (χ3n) is 1.23. The summed E-state index contributed by atoms with van der Waals surface area (Å²) in [6.45, 7) is 1.85. The van der Waals surface area contributed by atoms with E-state index in [2.05, 4.69) is 24.3 Å². The zero-order valence-corrected chi connectivity index (χ0v) is 8.86. The molecular weight excluding hydrogens is 252 g/mol. The SMILES string of the molecule is C[C@H](O)C[Te]c1ccccc1. The van der Waals surface area contributed by atoms with Crippen molar-refractivity contribution < 1.29 is 5.11 Å². The van der Waals surface area contributed by atoms with Gasteiger partial charge >= 0.3 is 77.5 Å². The molecule has 0 heterocycles. The minimum atomic E-state index is -0.133. The normalized spacial score (nSPS) is 12.9. The standard InChI is InChI=1S/C9H12OTe/c1-8(10)7-11-9-5-3-2-4-6-9/h2-6,8,10H,7H2,1H3/t8-/m0/s1. The molecule has 0 amide bonds. The summed E-state index contributed by atoms with van der Waals surface area (Å²) in [5, 5.41) is 9.05. The number of hydrogen-bond donors (Lipinski definition) is 1. The van der Waals surface area contributed by atoms with Crippen LogP contribution in [0.4, 0.5) is 0 Å². The Morgan fingerprint density at radius 3 is 2.55 bits per heavy atom. The van der Waals surface area contributed by atoms with Crippen molar-refractivity contribution in [1.29, 1.82) is 0 Å². The van der Waals surface area contributed by atoms with Crippen LogP contribution in [-0.2, 0) is 0 Å². The van der Waals surface area contributed by atoms with Gasteiger partial charge in [-0.3, -0.25) is 0 Å². The van der Waals surface area contributed by atoms with Gasteiger partial charge in [-0.2, -0.15) is 0 Å². The van der Waals surface area contributed by atoms with E-state index < -0.39 is 0 Å². The first kappa shape index (κ1) is 9.06. The van der Waals surface area contributed by atoms with Crippen LogP contribution in [0, 0.1) is 0 Å². The summed E-state index contributed by atoms with van der Waals surface area (Å²) in [6.07, 6.45) is -0.127. The van der Waals surface area contributed by atoms with Gasteiger partial charge in [-0.25, -0.2) is 0 Å². The molecular formula is C9H12OTe. The number of rotatable bonds is 3. The zero-order valence-electron chi connectivity index (χ0n) is 6.53. The molecule has 0 radical (unpaired) electrons. The van der Waals surface area contributed by atoms with Crippen LogP contribution in [0.2, 0.25) is 4.47 Å². The van der Waals surface area contributed by atoms with Crippen LogP contribution in [0.15, 0.2) is 30.3 Å². The molecule has 2 heteroatoms. The van der Waals surface area contributed by atoms with Crippen molar-refractivity contribution in [1.82, 2.24) is 0 Å². The second-order valence-corrected chi connectivity index (χ2v) is 5.59. The first-order valence-corrected chi connectivity index (χ1v) is 6.46. The van der Waals surface area contributed by atoms with Crippen molar-refractivity contribution in [2.75, 3.05) is 0 Å². The van der Waals surface area contributed by atoms with Crippen molar-refractivity contribution in [2.24, 2.45) is 0 Å². The molecule has 0 aromatic heterocycles. The number of aliphatic hydroxyl groups is 1. The average Bonchev–Trinajstić information content (AvgIpc) is 2.03. The summed E-state index contributed by atoms with van der Waals surface area (Å²) in [4.78, 5) is 0. The monoisotopic (exact) mass is 266 g/mol. The Bertz CT molecular complexity index is 196. The Morgan fingerprint density at radius 1 is 1.36 bits per heavy atom. The van der Waals surface area contributed by atoms with Crippen LogP contribution < -0.4 is 3.61 Å². The van der Waals surface area contributed by atoms with Crippen LogP contribution in [0.1, 0.15) is 6.92 Å². The molecule has 0 unspecified atom stereocenters. The van der Waals surface area contributed by atoms with Crippen molar-refractivity contribution >= 4 is 24.5 Å². The fourth-order valence-corrected chi connectivity index (χ4v) is 2.97. The van der Waals surface area contributed by atoms with Gasteiger partial charge in [0.15, 0.2) is 0 Å². The van der Waals surface area contributed by atoms with Crippen molar-refractivity contribution in [3.63, 3.8) is 0 Å². The summed E-state index contributed by atoms with van der Waals surface area (Å²) < 4.78 is 2.41. The van der Waals surface area contributed by atoms with Gasteiger partial charge in [0.05, 0.1) is 0 Å². The summed E-state index contributed by atoms with van der Waals surface area (Å²) in [5.74, 6) is 0. The van der Waals surface area contributed by atoms with Gasteiger partial charge in [0, 0.05) is 0 Å². The number of benzene rings is 1. The topological polar surface area (TPSA) is 20.2 Å². The van der Waals surface area contributed by atoms with Gasteiger partial charge in [0.25, 0.3) is 0 Å². The molecule has 1 aromatic carbocycles. The molecule has 11 heavy (non-hydrogen) atoms.